The molecule has 0 heterocycles. The number of nitrogens with two attached hydrogens (primary N) is 2. The van der Waals surface area contributed by atoms with Crippen molar-refractivity contribution in [1.82, 2.24) is 0 Å². The van der Waals surface area contributed by atoms with Crippen LogP contribution in [-0.2, 0) is 6.42 Å². The highest BCUT2D eigenvalue weighted by atomic mass is 14.5. The van der Waals surface area contributed by atoms with Crippen LogP contribution in [0.2, 0.25) is 0 Å². The van der Waals surface area contributed by atoms with E-state index in [0.717, 1.165) is 17.7 Å². The average Bonchev–Trinajstić information content (AvgIpc) is 2.30. The van der Waals surface area contributed by atoms with Crippen molar-refractivity contribution >= 4 is 5.69 Å². The lowest BCUT2D eigenvalue weighted by molar-refractivity contribution is 0.969. The van der Waals surface area contributed by atoms with E-state index < -0.39 is 0 Å². The highest BCUT2D eigenvalue weighted by Crippen LogP contribution is 2.21. The van der Waals surface area contributed by atoms with Gasteiger partial charge in [-0.2, -0.15) is 0 Å². The van der Waals surface area contributed by atoms with Crippen LogP contribution in [0.1, 0.15) is 5.56 Å². The smallest absolute Gasteiger partial charge is 0.0320 e. The topological polar surface area (TPSA) is 52.0 Å². The molecule has 0 atom stereocenters. The first kappa shape index (κ1) is 10.7. The van der Waals surface area contributed by atoms with Crippen molar-refractivity contribution < 1.29 is 0 Å². The maximum Gasteiger partial charge on any atom is 0.0320 e. The maximum absolute atomic E-state index is 5.76. The molecule has 0 aromatic heterocycles. The molecule has 0 fully saturated rings. The van der Waals surface area contributed by atoms with Gasteiger partial charge in [0.25, 0.3) is 0 Å². The predicted octanol–water partition coefficient (Wildman–Crippen LogP) is 2.44. The second-order valence-corrected chi connectivity index (χ2v) is 3.86. The standard InChI is InChI=1S/C14H16N2/c15-9-8-11-4-6-12(7-5-11)13-2-1-3-14(16)10-13/h1-7,10H,8-9,15-16H2. The largest absolute Gasteiger partial charge is 0.399 e. The van der Waals surface area contributed by atoms with Crippen molar-refractivity contribution in [3.05, 3.63) is 54.1 Å². The van der Waals surface area contributed by atoms with Gasteiger partial charge in [0.2, 0.25) is 0 Å². The Morgan fingerprint density at radius 2 is 1.62 bits per heavy atom. The van der Waals surface area contributed by atoms with E-state index in [4.69, 9.17) is 11.5 Å². The lowest BCUT2D eigenvalue weighted by Crippen LogP contribution is -2.02. The molecule has 0 radical (unpaired) electrons. The summed E-state index contributed by atoms with van der Waals surface area (Å²) in [5, 5.41) is 0. The van der Waals surface area contributed by atoms with E-state index in [1.807, 2.05) is 18.2 Å². The Balaban J connectivity index is 2.27. The summed E-state index contributed by atoms with van der Waals surface area (Å²) in [5.41, 5.74) is 15.7. The molecule has 2 rings (SSSR count). The average molecular weight is 212 g/mol. The lowest BCUT2D eigenvalue weighted by Gasteiger charge is -2.04. The van der Waals surface area contributed by atoms with Crippen molar-refractivity contribution in [2.45, 2.75) is 6.42 Å². The molecule has 0 aliphatic heterocycles. The van der Waals surface area contributed by atoms with Gasteiger partial charge in [-0.1, -0.05) is 36.4 Å². The van der Waals surface area contributed by atoms with Gasteiger partial charge in [0.15, 0.2) is 0 Å². The number of anilines is 1. The number of nitrogen functional groups attached to an aromatic ring is 1. The van der Waals surface area contributed by atoms with E-state index in [9.17, 15) is 0 Å². The van der Waals surface area contributed by atoms with Gasteiger partial charge < -0.3 is 11.5 Å². The van der Waals surface area contributed by atoms with Crippen molar-refractivity contribution in [3.8, 4) is 11.1 Å². The molecule has 2 nitrogen and oxygen atoms in total. The molecule has 0 bridgehead atoms. The SMILES string of the molecule is NCCc1ccc(-c2cccc(N)c2)cc1. The van der Waals surface area contributed by atoms with Crippen LogP contribution in [-0.4, -0.2) is 6.54 Å². The Hall–Kier alpha value is -1.80. The summed E-state index contributed by atoms with van der Waals surface area (Å²) in [6.45, 7) is 0.692. The fourth-order valence-electron chi connectivity index (χ4n) is 1.75. The Bertz CT molecular complexity index is 460. The van der Waals surface area contributed by atoms with Crippen molar-refractivity contribution in [3.63, 3.8) is 0 Å². The summed E-state index contributed by atoms with van der Waals surface area (Å²) in [4.78, 5) is 0. The Labute approximate surface area is 95.9 Å². The van der Waals surface area contributed by atoms with Crippen LogP contribution < -0.4 is 11.5 Å². The van der Waals surface area contributed by atoms with E-state index >= 15 is 0 Å². The zero-order chi connectivity index (χ0) is 11.4. The van der Waals surface area contributed by atoms with Crippen LogP contribution in [0.3, 0.4) is 0 Å². The summed E-state index contributed by atoms with van der Waals surface area (Å²) < 4.78 is 0. The third-order valence-corrected chi connectivity index (χ3v) is 2.61. The fourth-order valence-corrected chi connectivity index (χ4v) is 1.75. The summed E-state index contributed by atoms with van der Waals surface area (Å²) in [7, 11) is 0. The molecule has 0 saturated heterocycles. The molecular formula is C14H16N2. The molecule has 2 heteroatoms. The number of rotatable bonds is 3. The van der Waals surface area contributed by atoms with Crippen LogP contribution in [0, 0.1) is 0 Å². The van der Waals surface area contributed by atoms with Gasteiger partial charge in [0.05, 0.1) is 0 Å². The molecule has 82 valence electrons. The van der Waals surface area contributed by atoms with Crippen LogP contribution in [0.5, 0.6) is 0 Å². The van der Waals surface area contributed by atoms with E-state index in [1.165, 1.54) is 11.1 Å². The van der Waals surface area contributed by atoms with Crippen molar-refractivity contribution in [1.29, 1.82) is 0 Å². The number of hydrogen-bond acceptors (Lipinski definition) is 2. The fraction of sp³-hybridized carbons (Fsp3) is 0.143. The molecule has 2 aromatic carbocycles. The minimum Gasteiger partial charge on any atom is -0.399 e. The second kappa shape index (κ2) is 4.81. The van der Waals surface area contributed by atoms with Gasteiger partial charge in [-0.05, 0) is 41.8 Å². The van der Waals surface area contributed by atoms with Crippen LogP contribution in [0.15, 0.2) is 48.5 Å². The number of benzene rings is 2. The summed E-state index contributed by atoms with van der Waals surface area (Å²) in [6.07, 6.45) is 0.928. The third-order valence-electron chi connectivity index (χ3n) is 2.61. The van der Waals surface area contributed by atoms with Crippen LogP contribution >= 0.6 is 0 Å². The zero-order valence-electron chi connectivity index (χ0n) is 9.19. The molecule has 4 N–H and O–H groups in total. The lowest BCUT2D eigenvalue weighted by atomic mass is 10.0. The molecule has 0 aliphatic rings. The van der Waals surface area contributed by atoms with Gasteiger partial charge in [-0.25, -0.2) is 0 Å². The first-order valence-electron chi connectivity index (χ1n) is 5.44. The molecule has 16 heavy (non-hydrogen) atoms. The van der Waals surface area contributed by atoms with E-state index in [2.05, 4.69) is 30.3 Å². The van der Waals surface area contributed by atoms with E-state index in [-0.39, 0.29) is 0 Å². The first-order valence-corrected chi connectivity index (χ1v) is 5.44. The molecule has 0 saturated carbocycles. The molecule has 0 aliphatic carbocycles. The maximum atomic E-state index is 5.76. The minimum absolute atomic E-state index is 0.692. The van der Waals surface area contributed by atoms with Gasteiger partial charge in [-0.3, -0.25) is 0 Å². The molecular weight excluding hydrogens is 196 g/mol. The highest BCUT2D eigenvalue weighted by Gasteiger charge is 1.98. The highest BCUT2D eigenvalue weighted by molar-refractivity contribution is 5.67. The Morgan fingerprint density at radius 3 is 2.25 bits per heavy atom. The predicted molar refractivity (Wildman–Crippen MR) is 69.0 cm³/mol. The van der Waals surface area contributed by atoms with Gasteiger partial charge in [0.1, 0.15) is 0 Å². The molecule has 0 amide bonds. The van der Waals surface area contributed by atoms with E-state index in [1.54, 1.807) is 0 Å². The quantitative estimate of drug-likeness (QED) is 0.768. The number of hydrogen-bond donors (Lipinski definition) is 2. The summed E-state index contributed by atoms with van der Waals surface area (Å²) in [6, 6.07) is 16.4. The van der Waals surface area contributed by atoms with Gasteiger partial charge in [-0.15, -0.1) is 0 Å². The van der Waals surface area contributed by atoms with Crippen LogP contribution in [0.25, 0.3) is 11.1 Å². The molecule has 0 unspecified atom stereocenters. The second-order valence-electron chi connectivity index (χ2n) is 3.86. The Morgan fingerprint density at radius 1 is 0.875 bits per heavy atom. The first-order chi connectivity index (χ1) is 7.79. The molecule has 0 spiro atoms. The van der Waals surface area contributed by atoms with Gasteiger partial charge >= 0.3 is 0 Å². The summed E-state index contributed by atoms with van der Waals surface area (Å²) in [5.74, 6) is 0. The van der Waals surface area contributed by atoms with Crippen molar-refractivity contribution in [2.75, 3.05) is 12.3 Å². The normalized spacial score (nSPS) is 10.3. The summed E-state index contributed by atoms with van der Waals surface area (Å²) >= 11 is 0. The zero-order valence-corrected chi connectivity index (χ0v) is 9.19. The van der Waals surface area contributed by atoms with Crippen molar-refractivity contribution in [2.24, 2.45) is 5.73 Å². The van der Waals surface area contributed by atoms with E-state index in [0.29, 0.717) is 6.54 Å². The third kappa shape index (κ3) is 2.41. The molecule has 2 aromatic rings. The Kier molecular flexibility index (Phi) is 3.22. The minimum atomic E-state index is 0.692. The van der Waals surface area contributed by atoms with Crippen LogP contribution in [0.4, 0.5) is 5.69 Å². The monoisotopic (exact) mass is 212 g/mol. The van der Waals surface area contributed by atoms with Gasteiger partial charge in [0, 0.05) is 5.69 Å².